The number of aryl methyl sites for hydroxylation is 2. The quantitative estimate of drug-likeness (QED) is 0.295. The van der Waals surface area contributed by atoms with Crippen LogP contribution >= 0.6 is 23.2 Å². The second kappa shape index (κ2) is 10.8. The maximum atomic E-state index is 13.9. The van der Waals surface area contributed by atoms with E-state index in [9.17, 15) is 9.18 Å². The molecule has 34 heavy (non-hydrogen) atoms. The summed E-state index contributed by atoms with van der Waals surface area (Å²) in [5.41, 5.74) is 2.66. The molecule has 0 fully saturated rings. The molecule has 9 heteroatoms. The van der Waals surface area contributed by atoms with Crippen molar-refractivity contribution >= 4 is 29.1 Å². The Morgan fingerprint density at radius 1 is 1.06 bits per heavy atom. The highest BCUT2D eigenvalue weighted by molar-refractivity contribution is 6.42. The zero-order valence-electron chi connectivity index (χ0n) is 18.3. The van der Waals surface area contributed by atoms with E-state index in [0.717, 1.165) is 11.3 Å². The molecule has 2 aromatic heterocycles. The molecular weight excluding hydrogens is 478 g/mol. The van der Waals surface area contributed by atoms with Crippen molar-refractivity contribution in [3.8, 4) is 11.4 Å². The lowest BCUT2D eigenvalue weighted by Crippen LogP contribution is -2.30. The predicted octanol–water partition coefficient (Wildman–Crippen LogP) is 6.05. The number of hydrogen-bond donors (Lipinski definition) is 0. The molecule has 4 rings (SSSR count). The summed E-state index contributed by atoms with van der Waals surface area (Å²) in [6.07, 6.45) is 2.09. The summed E-state index contributed by atoms with van der Waals surface area (Å²) in [5, 5.41) is 4.80. The van der Waals surface area contributed by atoms with Crippen LogP contribution < -0.4 is 0 Å². The lowest BCUT2D eigenvalue weighted by Gasteiger charge is -2.22. The van der Waals surface area contributed by atoms with Crippen molar-refractivity contribution in [3.63, 3.8) is 0 Å². The van der Waals surface area contributed by atoms with E-state index >= 15 is 0 Å². The number of rotatable bonds is 8. The zero-order chi connectivity index (χ0) is 24.1. The van der Waals surface area contributed by atoms with Crippen LogP contribution in [0.5, 0.6) is 0 Å². The molecule has 0 aliphatic carbocycles. The number of nitrogens with zero attached hydrogens (tertiary/aromatic N) is 4. The molecule has 0 spiro atoms. The van der Waals surface area contributed by atoms with Crippen molar-refractivity contribution in [1.29, 1.82) is 0 Å². The number of aromatic nitrogens is 3. The van der Waals surface area contributed by atoms with Gasteiger partial charge >= 0.3 is 0 Å². The molecule has 0 saturated heterocycles. The van der Waals surface area contributed by atoms with Crippen molar-refractivity contribution in [1.82, 2.24) is 20.0 Å². The topological polar surface area (TPSA) is 72.1 Å². The molecular formula is C25H21Cl2FN4O2. The molecule has 1 amide bonds. The van der Waals surface area contributed by atoms with Gasteiger partial charge in [0.05, 0.1) is 22.3 Å². The second-order valence-corrected chi connectivity index (χ2v) is 8.61. The fourth-order valence-electron chi connectivity index (χ4n) is 3.36. The van der Waals surface area contributed by atoms with Gasteiger partial charge < -0.3 is 9.42 Å². The first-order chi connectivity index (χ1) is 16.4. The zero-order valence-corrected chi connectivity index (χ0v) is 19.9. The highest BCUT2D eigenvalue weighted by atomic mass is 35.5. The minimum atomic E-state index is -0.341. The molecule has 0 N–H and O–H groups in total. The van der Waals surface area contributed by atoms with Gasteiger partial charge in [-0.3, -0.25) is 9.78 Å². The monoisotopic (exact) mass is 498 g/mol. The molecule has 0 bridgehead atoms. The largest absolute Gasteiger partial charge is 0.339 e. The summed E-state index contributed by atoms with van der Waals surface area (Å²) in [6, 6.07) is 15.6. The Labute approximate surface area is 206 Å². The summed E-state index contributed by atoms with van der Waals surface area (Å²) in [5.74, 6) is 0.128. The Bertz CT molecular complexity index is 1300. The molecule has 0 aliphatic heterocycles. The second-order valence-electron chi connectivity index (χ2n) is 7.80. The van der Waals surface area contributed by atoms with Crippen LogP contribution in [-0.2, 0) is 24.3 Å². The first kappa shape index (κ1) is 23.9. The van der Waals surface area contributed by atoms with Crippen molar-refractivity contribution in [2.24, 2.45) is 0 Å². The van der Waals surface area contributed by atoms with E-state index in [2.05, 4.69) is 15.1 Å². The van der Waals surface area contributed by atoms with Crippen molar-refractivity contribution in [2.45, 2.75) is 32.9 Å². The number of halogens is 3. The Morgan fingerprint density at radius 3 is 2.65 bits per heavy atom. The first-order valence-corrected chi connectivity index (χ1v) is 11.4. The van der Waals surface area contributed by atoms with Gasteiger partial charge in [-0.1, -0.05) is 52.6 Å². The van der Waals surface area contributed by atoms with Crippen LogP contribution in [0.25, 0.3) is 11.4 Å². The number of hydrogen-bond acceptors (Lipinski definition) is 5. The molecule has 0 aliphatic rings. The van der Waals surface area contributed by atoms with E-state index in [-0.39, 0.29) is 30.4 Å². The van der Waals surface area contributed by atoms with Gasteiger partial charge in [0, 0.05) is 31.1 Å². The van der Waals surface area contributed by atoms with E-state index in [4.69, 9.17) is 27.7 Å². The van der Waals surface area contributed by atoms with Crippen LogP contribution in [0, 0.1) is 12.7 Å². The molecule has 0 unspecified atom stereocenters. The number of pyridine rings is 1. The third-order valence-electron chi connectivity index (χ3n) is 5.24. The van der Waals surface area contributed by atoms with Gasteiger partial charge in [-0.25, -0.2) is 4.39 Å². The fourth-order valence-corrected chi connectivity index (χ4v) is 3.68. The van der Waals surface area contributed by atoms with Gasteiger partial charge in [-0.05, 0) is 48.4 Å². The lowest BCUT2D eigenvalue weighted by atomic mass is 10.1. The van der Waals surface area contributed by atoms with E-state index in [0.29, 0.717) is 40.2 Å². The number of amides is 1. The van der Waals surface area contributed by atoms with Crippen LogP contribution in [0.1, 0.15) is 29.1 Å². The van der Waals surface area contributed by atoms with Crippen LogP contribution in [0.3, 0.4) is 0 Å². The highest BCUT2D eigenvalue weighted by Crippen LogP contribution is 2.24. The van der Waals surface area contributed by atoms with E-state index < -0.39 is 0 Å². The van der Waals surface area contributed by atoms with Gasteiger partial charge in [-0.15, -0.1) is 0 Å². The lowest BCUT2D eigenvalue weighted by molar-refractivity contribution is -0.132. The maximum Gasteiger partial charge on any atom is 0.227 e. The van der Waals surface area contributed by atoms with E-state index in [1.54, 1.807) is 42.3 Å². The van der Waals surface area contributed by atoms with Gasteiger partial charge in [-0.2, -0.15) is 4.98 Å². The number of benzene rings is 2. The van der Waals surface area contributed by atoms with Crippen molar-refractivity contribution < 1.29 is 13.7 Å². The molecule has 0 atom stereocenters. The highest BCUT2D eigenvalue weighted by Gasteiger charge is 2.18. The Morgan fingerprint density at radius 2 is 1.91 bits per heavy atom. The third-order valence-corrected chi connectivity index (χ3v) is 5.98. The Hall–Kier alpha value is -3.29. The third kappa shape index (κ3) is 5.98. The van der Waals surface area contributed by atoms with Crippen molar-refractivity contribution in [2.75, 3.05) is 0 Å². The van der Waals surface area contributed by atoms with Crippen LogP contribution in [0.15, 0.2) is 65.3 Å². The van der Waals surface area contributed by atoms with Crippen LogP contribution in [0.4, 0.5) is 4.39 Å². The smallest absolute Gasteiger partial charge is 0.227 e. The molecule has 174 valence electrons. The minimum absolute atomic E-state index is 0.113. The number of carbonyl (C=O) groups excluding carboxylic acids is 1. The molecule has 2 heterocycles. The van der Waals surface area contributed by atoms with E-state index in [1.165, 1.54) is 6.07 Å². The Kier molecular flexibility index (Phi) is 7.55. The SMILES string of the molecule is Cc1ccc(-c2noc(CCC(=O)N(Cc3ccc(Cl)c(Cl)c3)Cc3ccccn3)n2)cc1F. The summed E-state index contributed by atoms with van der Waals surface area (Å²) >= 11 is 12.2. The summed E-state index contributed by atoms with van der Waals surface area (Å²) in [4.78, 5) is 23.5. The van der Waals surface area contributed by atoms with Gasteiger partial charge in [0.25, 0.3) is 0 Å². The molecule has 0 radical (unpaired) electrons. The molecule has 2 aromatic carbocycles. The summed E-state index contributed by atoms with van der Waals surface area (Å²) in [7, 11) is 0. The molecule has 4 aromatic rings. The van der Waals surface area contributed by atoms with Crippen molar-refractivity contribution in [3.05, 3.63) is 99.4 Å². The predicted molar refractivity (Wildman–Crippen MR) is 128 cm³/mol. The minimum Gasteiger partial charge on any atom is -0.339 e. The van der Waals surface area contributed by atoms with Gasteiger partial charge in [0.2, 0.25) is 17.6 Å². The molecule has 6 nitrogen and oxygen atoms in total. The maximum absolute atomic E-state index is 13.9. The van der Waals surface area contributed by atoms with Crippen LogP contribution in [-0.4, -0.2) is 25.9 Å². The van der Waals surface area contributed by atoms with Gasteiger partial charge in [0.15, 0.2) is 0 Å². The fraction of sp³-hybridized carbons (Fsp3) is 0.200. The van der Waals surface area contributed by atoms with E-state index in [1.807, 2.05) is 24.3 Å². The summed E-state index contributed by atoms with van der Waals surface area (Å²) in [6.45, 7) is 2.35. The first-order valence-electron chi connectivity index (χ1n) is 10.6. The number of carbonyl (C=O) groups is 1. The average Bonchev–Trinajstić information content (AvgIpc) is 3.31. The summed E-state index contributed by atoms with van der Waals surface area (Å²) < 4.78 is 19.1. The van der Waals surface area contributed by atoms with Gasteiger partial charge in [0.1, 0.15) is 5.82 Å². The Balaban J connectivity index is 1.46. The normalized spacial score (nSPS) is 10.9. The standard InChI is InChI=1S/C25H21Cl2FN4O2/c1-16-5-7-18(13-22(16)28)25-30-23(34-31-25)9-10-24(33)32(15-19-4-2-3-11-29-19)14-17-6-8-20(26)21(27)12-17/h2-8,11-13H,9-10,14-15H2,1H3. The van der Waals surface area contributed by atoms with Crippen LogP contribution in [0.2, 0.25) is 10.0 Å². The average molecular weight is 499 g/mol. The molecule has 0 saturated carbocycles.